The third kappa shape index (κ3) is 2.08. The van der Waals surface area contributed by atoms with E-state index in [9.17, 15) is 0 Å². The average Bonchev–Trinajstić information content (AvgIpc) is 2.07. The average molecular weight is 148 g/mol. The number of benzene rings is 1. The van der Waals surface area contributed by atoms with Crippen molar-refractivity contribution in [1.29, 1.82) is 5.41 Å². The highest BCUT2D eigenvalue weighted by molar-refractivity contribution is 5.77. The molecule has 1 aromatic carbocycles. The maximum atomic E-state index is 6.97. The molecule has 0 aromatic heterocycles. The summed E-state index contributed by atoms with van der Waals surface area (Å²) >= 11 is 0. The van der Waals surface area contributed by atoms with Gasteiger partial charge in [0, 0.05) is 18.4 Å². The Hall–Kier alpha value is -1.31. The molecular weight excluding hydrogens is 136 g/mol. The molecule has 0 aliphatic carbocycles. The van der Waals surface area contributed by atoms with Crippen molar-refractivity contribution in [3.8, 4) is 0 Å². The number of nitrogens with one attached hydrogen (secondary N) is 2. The van der Waals surface area contributed by atoms with Crippen molar-refractivity contribution >= 4 is 11.9 Å². The predicted octanol–water partition coefficient (Wildman–Crippen LogP) is 2.12. The molecule has 0 saturated carbocycles. The summed E-state index contributed by atoms with van der Waals surface area (Å²) in [5.41, 5.74) is 2.05. The van der Waals surface area contributed by atoms with E-state index >= 15 is 0 Å². The maximum Gasteiger partial charge on any atom is 0.0340 e. The largest absolute Gasteiger partial charge is 0.385 e. The van der Waals surface area contributed by atoms with Gasteiger partial charge in [-0.2, -0.15) is 0 Å². The van der Waals surface area contributed by atoms with E-state index in [1.807, 2.05) is 24.3 Å². The lowest BCUT2D eigenvalue weighted by molar-refractivity contribution is 1.21. The van der Waals surface area contributed by atoms with Gasteiger partial charge in [-0.25, -0.2) is 0 Å². The fraction of sp³-hybridized carbons (Fsp3) is 0.222. The standard InChI is InChI=1S/C9H12N2/c1-2-11-9-5-3-8(7-10)4-6-9/h3-7,10-11H,2H2,1H3. The van der Waals surface area contributed by atoms with Crippen LogP contribution in [0.1, 0.15) is 12.5 Å². The van der Waals surface area contributed by atoms with Crippen LogP contribution in [-0.4, -0.2) is 12.8 Å². The molecule has 0 aliphatic heterocycles. The minimum atomic E-state index is 0.934. The minimum Gasteiger partial charge on any atom is -0.385 e. The van der Waals surface area contributed by atoms with Gasteiger partial charge in [0.05, 0.1) is 0 Å². The second-order valence-electron chi connectivity index (χ2n) is 2.30. The molecule has 2 N–H and O–H groups in total. The van der Waals surface area contributed by atoms with E-state index in [-0.39, 0.29) is 0 Å². The van der Waals surface area contributed by atoms with Crippen molar-refractivity contribution in [2.75, 3.05) is 11.9 Å². The summed E-state index contributed by atoms with van der Waals surface area (Å²) in [7, 11) is 0. The van der Waals surface area contributed by atoms with Gasteiger partial charge in [0.1, 0.15) is 0 Å². The summed E-state index contributed by atoms with van der Waals surface area (Å²) in [5, 5.41) is 10.2. The highest BCUT2D eigenvalue weighted by Crippen LogP contribution is 2.06. The molecule has 0 unspecified atom stereocenters. The van der Waals surface area contributed by atoms with Gasteiger partial charge >= 0.3 is 0 Å². The van der Waals surface area contributed by atoms with Crippen LogP contribution in [0.25, 0.3) is 0 Å². The monoisotopic (exact) mass is 148 g/mol. The first-order valence-corrected chi connectivity index (χ1v) is 3.71. The molecular formula is C9H12N2. The van der Waals surface area contributed by atoms with Crippen molar-refractivity contribution < 1.29 is 0 Å². The number of rotatable bonds is 3. The zero-order valence-corrected chi connectivity index (χ0v) is 6.59. The normalized spacial score (nSPS) is 9.18. The van der Waals surface area contributed by atoms with Crippen LogP contribution in [0.5, 0.6) is 0 Å². The zero-order valence-electron chi connectivity index (χ0n) is 6.59. The summed E-state index contributed by atoms with van der Waals surface area (Å²) in [6.45, 7) is 2.99. The van der Waals surface area contributed by atoms with Crippen LogP contribution in [0.3, 0.4) is 0 Å². The molecule has 11 heavy (non-hydrogen) atoms. The van der Waals surface area contributed by atoms with E-state index in [4.69, 9.17) is 5.41 Å². The molecule has 1 rings (SSSR count). The van der Waals surface area contributed by atoms with E-state index in [2.05, 4.69) is 12.2 Å². The quantitative estimate of drug-likeness (QED) is 0.633. The van der Waals surface area contributed by atoms with Crippen LogP contribution < -0.4 is 5.32 Å². The Morgan fingerprint density at radius 1 is 1.36 bits per heavy atom. The van der Waals surface area contributed by atoms with E-state index in [1.54, 1.807) is 0 Å². The predicted molar refractivity (Wildman–Crippen MR) is 48.5 cm³/mol. The van der Waals surface area contributed by atoms with Gasteiger partial charge in [-0.15, -0.1) is 0 Å². The van der Waals surface area contributed by atoms with Gasteiger partial charge in [-0.05, 0) is 24.6 Å². The molecule has 2 nitrogen and oxygen atoms in total. The molecule has 0 saturated heterocycles. The highest BCUT2D eigenvalue weighted by Gasteiger charge is 1.88. The van der Waals surface area contributed by atoms with Crippen LogP contribution in [0, 0.1) is 5.41 Å². The molecule has 0 fully saturated rings. The molecule has 0 heterocycles. The van der Waals surface area contributed by atoms with Crippen molar-refractivity contribution in [3.05, 3.63) is 29.8 Å². The Labute approximate surface area is 66.8 Å². The number of anilines is 1. The van der Waals surface area contributed by atoms with Crippen LogP contribution in [0.4, 0.5) is 5.69 Å². The Balaban J connectivity index is 2.74. The minimum absolute atomic E-state index is 0.934. The van der Waals surface area contributed by atoms with Crippen molar-refractivity contribution in [3.63, 3.8) is 0 Å². The highest BCUT2D eigenvalue weighted by atomic mass is 14.8. The fourth-order valence-corrected chi connectivity index (χ4v) is 0.901. The lowest BCUT2D eigenvalue weighted by atomic mass is 10.2. The summed E-state index contributed by atoms with van der Waals surface area (Å²) in [6, 6.07) is 7.80. The van der Waals surface area contributed by atoms with Gasteiger partial charge < -0.3 is 10.7 Å². The van der Waals surface area contributed by atoms with Crippen molar-refractivity contribution in [2.24, 2.45) is 0 Å². The van der Waals surface area contributed by atoms with Crippen LogP contribution >= 0.6 is 0 Å². The molecule has 0 amide bonds. The molecule has 0 radical (unpaired) electrons. The van der Waals surface area contributed by atoms with Crippen molar-refractivity contribution in [1.82, 2.24) is 0 Å². The van der Waals surface area contributed by atoms with Gasteiger partial charge in [-0.3, -0.25) is 0 Å². The Morgan fingerprint density at radius 3 is 2.45 bits per heavy atom. The Kier molecular flexibility index (Phi) is 2.66. The summed E-state index contributed by atoms with van der Waals surface area (Å²) in [4.78, 5) is 0. The summed E-state index contributed by atoms with van der Waals surface area (Å²) < 4.78 is 0. The van der Waals surface area contributed by atoms with Gasteiger partial charge in [0.15, 0.2) is 0 Å². The van der Waals surface area contributed by atoms with E-state index < -0.39 is 0 Å². The Bertz CT molecular complexity index is 226. The fourth-order valence-electron chi connectivity index (χ4n) is 0.901. The topological polar surface area (TPSA) is 35.9 Å². The summed E-state index contributed by atoms with van der Waals surface area (Å²) in [6.07, 6.45) is 1.34. The first-order valence-electron chi connectivity index (χ1n) is 3.71. The van der Waals surface area contributed by atoms with E-state index in [0.29, 0.717) is 0 Å². The molecule has 58 valence electrons. The third-order valence-electron chi connectivity index (χ3n) is 1.46. The Morgan fingerprint density at radius 2 is 2.00 bits per heavy atom. The van der Waals surface area contributed by atoms with Crippen LogP contribution in [0.2, 0.25) is 0 Å². The molecule has 0 spiro atoms. The van der Waals surface area contributed by atoms with Gasteiger partial charge in [0.2, 0.25) is 0 Å². The lowest BCUT2D eigenvalue weighted by Gasteiger charge is -2.01. The van der Waals surface area contributed by atoms with E-state index in [1.165, 1.54) is 6.21 Å². The van der Waals surface area contributed by atoms with E-state index in [0.717, 1.165) is 17.8 Å². The smallest absolute Gasteiger partial charge is 0.0340 e. The third-order valence-corrected chi connectivity index (χ3v) is 1.46. The first kappa shape index (κ1) is 7.79. The maximum absolute atomic E-state index is 6.97. The van der Waals surface area contributed by atoms with Crippen LogP contribution in [0.15, 0.2) is 24.3 Å². The van der Waals surface area contributed by atoms with Gasteiger partial charge in [0.25, 0.3) is 0 Å². The second-order valence-corrected chi connectivity index (χ2v) is 2.30. The molecule has 2 heteroatoms. The number of hydrogen-bond acceptors (Lipinski definition) is 2. The molecule has 0 bridgehead atoms. The van der Waals surface area contributed by atoms with Crippen LogP contribution in [-0.2, 0) is 0 Å². The zero-order chi connectivity index (χ0) is 8.10. The van der Waals surface area contributed by atoms with Gasteiger partial charge in [-0.1, -0.05) is 12.1 Å². The molecule has 0 aliphatic rings. The molecule has 1 aromatic rings. The lowest BCUT2D eigenvalue weighted by Crippen LogP contribution is -1.95. The SMILES string of the molecule is CCNc1ccc(C=N)cc1. The number of hydrogen-bond donors (Lipinski definition) is 2. The second kappa shape index (κ2) is 3.76. The molecule has 0 atom stereocenters. The summed E-state index contributed by atoms with van der Waals surface area (Å²) in [5.74, 6) is 0. The van der Waals surface area contributed by atoms with Crippen molar-refractivity contribution in [2.45, 2.75) is 6.92 Å². The first-order chi connectivity index (χ1) is 5.36.